The summed E-state index contributed by atoms with van der Waals surface area (Å²) in [5.74, 6) is -1.06. The Hall–Kier alpha value is -2.87. The van der Waals surface area contributed by atoms with Crippen LogP contribution in [-0.2, 0) is 30.6 Å². The number of amides is 1. The van der Waals surface area contributed by atoms with Gasteiger partial charge in [0.2, 0.25) is 0 Å². The summed E-state index contributed by atoms with van der Waals surface area (Å²) in [6.07, 6.45) is 0.867. The molecule has 1 aromatic heterocycles. The maximum Gasteiger partial charge on any atom is 0.311 e. The van der Waals surface area contributed by atoms with E-state index in [1.54, 1.807) is 0 Å². The maximum atomic E-state index is 12.4. The molecule has 0 radical (unpaired) electrons. The molecule has 1 aliphatic rings. The number of nitrogens with one attached hydrogen (secondary N) is 1. The van der Waals surface area contributed by atoms with Crippen LogP contribution in [0.2, 0.25) is 0 Å². The molecule has 4 rings (SSSR count). The second kappa shape index (κ2) is 7.51. The van der Waals surface area contributed by atoms with E-state index in [-0.39, 0.29) is 17.9 Å². The number of benzene rings is 2. The smallest absolute Gasteiger partial charge is 0.311 e. The number of esters is 1. The summed E-state index contributed by atoms with van der Waals surface area (Å²) >= 11 is 0. The molecule has 1 aliphatic heterocycles. The van der Waals surface area contributed by atoms with Gasteiger partial charge in [-0.25, -0.2) is 8.42 Å². The van der Waals surface area contributed by atoms with Crippen molar-refractivity contribution in [2.45, 2.75) is 31.9 Å². The van der Waals surface area contributed by atoms with Gasteiger partial charge < -0.3 is 14.5 Å². The number of sulfone groups is 1. The highest BCUT2D eigenvalue weighted by molar-refractivity contribution is 7.91. The quantitative estimate of drug-likeness (QED) is 0.642. The van der Waals surface area contributed by atoms with Crippen molar-refractivity contribution in [1.29, 1.82) is 0 Å². The van der Waals surface area contributed by atoms with Crippen LogP contribution in [0.25, 0.3) is 21.7 Å². The van der Waals surface area contributed by atoms with E-state index in [2.05, 4.69) is 5.32 Å². The number of fused-ring (bicyclic) bond motifs is 3. The minimum Gasteiger partial charge on any atom is -0.464 e. The molecule has 0 unspecified atom stereocenters. The van der Waals surface area contributed by atoms with Gasteiger partial charge in [-0.2, -0.15) is 0 Å². The van der Waals surface area contributed by atoms with Crippen LogP contribution >= 0.6 is 0 Å². The van der Waals surface area contributed by atoms with Crippen LogP contribution < -0.4 is 5.32 Å². The number of hydrogen-bond donors (Lipinski definition) is 1. The summed E-state index contributed by atoms with van der Waals surface area (Å²) in [6.45, 7) is 1.47. The van der Waals surface area contributed by atoms with Crippen molar-refractivity contribution >= 4 is 43.5 Å². The third-order valence-corrected chi connectivity index (χ3v) is 6.90. The Morgan fingerprint density at radius 3 is 2.79 bits per heavy atom. The number of furan rings is 1. The van der Waals surface area contributed by atoms with Gasteiger partial charge in [0.1, 0.15) is 5.58 Å². The third kappa shape index (κ3) is 4.12. The minimum atomic E-state index is -3.10. The average Bonchev–Trinajstić information content (AvgIpc) is 3.24. The van der Waals surface area contributed by atoms with E-state index in [1.807, 2.05) is 36.4 Å². The third-order valence-electron chi connectivity index (χ3n) is 5.13. The van der Waals surface area contributed by atoms with Crippen LogP contribution in [0.1, 0.15) is 18.9 Å². The highest BCUT2D eigenvalue weighted by atomic mass is 32.2. The Bertz CT molecular complexity index is 1200. The number of hydrogen-bond acceptors (Lipinski definition) is 6. The summed E-state index contributed by atoms with van der Waals surface area (Å²) in [7, 11) is -3.10. The summed E-state index contributed by atoms with van der Waals surface area (Å²) in [4.78, 5) is 24.6. The molecule has 1 amide bonds. The molecule has 29 heavy (non-hydrogen) atoms. The Balaban J connectivity index is 1.43. The molecular weight excluding hydrogens is 394 g/mol. The van der Waals surface area contributed by atoms with Crippen molar-refractivity contribution in [3.05, 3.63) is 48.2 Å². The SMILES string of the molecule is C[C@@H](OC(=O)Cc1coc2ccc3ccccc3c12)C(=O)N[C@H]1CCS(=O)(=O)C1. The molecule has 0 aliphatic carbocycles. The summed E-state index contributed by atoms with van der Waals surface area (Å²) < 4.78 is 33.8. The predicted octanol–water partition coefficient (Wildman–Crippen LogP) is 2.36. The Kier molecular flexibility index (Phi) is 5.04. The number of carbonyl (C=O) groups is 2. The highest BCUT2D eigenvalue weighted by Gasteiger charge is 2.30. The van der Waals surface area contributed by atoms with E-state index in [0.29, 0.717) is 17.6 Å². The first-order chi connectivity index (χ1) is 13.8. The summed E-state index contributed by atoms with van der Waals surface area (Å²) in [6, 6.07) is 11.2. The molecule has 0 bridgehead atoms. The molecule has 2 aromatic carbocycles. The Morgan fingerprint density at radius 2 is 2.03 bits per heavy atom. The molecule has 1 fully saturated rings. The molecule has 1 saturated heterocycles. The fraction of sp³-hybridized carbons (Fsp3) is 0.333. The van der Waals surface area contributed by atoms with Gasteiger partial charge in [-0.3, -0.25) is 9.59 Å². The topological polar surface area (TPSA) is 103 Å². The van der Waals surface area contributed by atoms with Crippen LogP contribution in [0.15, 0.2) is 47.1 Å². The molecule has 2 heterocycles. The van der Waals surface area contributed by atoms with Gasteiger partial charge >= 0.3 is 5.97 Å². The standard InChI is InChI=1S/C21H21NO6S/c1-13(21(24)22-16-8-9-29(25,26)12-16)28-19(23)10-15-11-27-18-7-6-14-4-2-3-5-17(14)20(15)18/h2-7,11,13,16H,8-10,12H2,1H3,(H,22,24)/t13-,16+/m1/s1. The first-order valence-corrected chi connectivity index (χ1v) is 11.2. The van der Waals surface area contributed by atoms with Crippen LogP contribution in [0.3, 0.4) is 0 Å². The van der Waals surface area contributed by atoms with E-state index in [4.69, 9.17) is 9.15 Å². The second-order valence-corrected chi connectivity index (χ2v) is 9.57. The first-order valence-electron chi connectivity index (χ1n) is 9.40. The van der Waals surface area contributed by atoms with E-state index in [1.165, 1.54) is 13.2 Å². The molecule has 2 atom stereocenters. The maximum absolute atomic E-state index is 12.4. The average molecular weight is 415 g/mol. The van der Waals surface area contributed by atoms with Gasteiger partial charge in [-0.05, 0) is 30.2 Å². The predicted molar refractivity (Wildman–Crippen MR) is 108 cm³/mol. The molecule has 152 valence electrons. The number of ether oxygens (including phenoxy) is 1. The largest absolute Gasteiger partial charge is 0.464 e. The highest BCUT2D eigenvalue weighted by Crippen LogP contribution is 2.30. The number of rotatable bonds is 5. The second-order valence-electron chi connectivity index (χ2n) is 7.34. The van der Waals surface area contributed by atoms with E-state index >= 15 is 0 Å². The zero-order chi connectivity index (χ0) is 20.6. The fourth-order valence-electron chi connectivity index (χ4n) is 3.68. The van der Waals surface area contributed by atoms with Gasteiger partial charge in [-0.1, -0.05) is 30.3 Å². The summed E-state index contributed by atoms with van der Waals surface area (Å²) in [5.41, 5.74) is 1.37. The van der Waals surface area contributed by atoms with Crippen molar-refractivity contribution < 1.29 is 27.2 Å². The lowest BCUT2D eigenvalue weighted by Crippen LogP contribution is -2.42. The van der Waals surface area contributed by atoms with Crippen molar-refractivity contribution in [2.75, 3.05) is 11.5 Å². The van der Waals surface area contributed by atoms with Crippen molar-refractivity contribution in [1.82, 2.24) is 5.32 Å². The molecule has 7 nitrogen and oxygen atoms in total. The van der Waals surface area contributed by atoms with Gasteiger partial charge in [0.05, 0.1) is 24.2 Å². The van der Waals surface area contributed by atoms with E-state index in [0.717, 1.165) is 16.2 Å². The van der Waals surface area contributed by atoms with Gasteiger partial charge in [0.15, 0.2) is 15.9 Å². The van der Waals surface area contributed by atoms with Crippen LogP contribution in [0.5, 0.6) is 0 Å². The lowest BCUT2D eigenvalue weighted by atomic mass is 10.0. The molecular formula is C21H21NO6S. The molecule has 0 saturated carbocycles. The van der Waals surface area contributed by atoms with Crippen LogP contribution in [-0.4, -0.2) is 43.9 Å². The van der Waals surface area contributed by atoms with E-state index in [9.17, 15) is 18.0 Å². The zero-order valence-corrected chi connectivity index (χ0v) is 16.7. The molecule has 3 aromatic rings. The van der Waals surface area contributed by atoms with Gasteiger partial charge in [-0.15, -0.1) is 0 Å². The molecule has 8 heteroatoms. The fourth-order valence-corrected chi connectivity index (χ4v) is 5.35. The zero-order valence-electron chi connectivity index (χ0n) is 15.9. The Labute approximate surface area is 167 Å². The van der Waals surface area contributed by atoms with Crippen molar-refractivity contribution in [3.8, 4) is 0 Å². The monoisotopic (exact) mass is 415 g/mol. The van der Waals surface area contributed by atoms with Gasteiger partial charge in [0, 0.05) is 17.0 Å². The van der Waals surface area contributed by atoms with E-state index < -0.39 is 33.9 Å². The van der Waals surface area contributed by atoms with Crippen molar-refractivity contribution in [2.24, 2.45) is 0 Å². The lowest BCUT2D eigenvalue weighted by Gasteiger charge is -2.16. The van der Waals surface area contributed by atoms with Crippen LogP contribution in [0, 0.1) is 0 Å². The number of carbonyl (C=O) groups excluding carboxylic acids is 2. The molecule has 1 N–H and O–H groups in total. The molecule has 0 spiro atoms. The van der Waals surface area contributed by atoms with Crippen LogP contribution in [0.4, 0.5) is 0 Å². The van der Waals surface area contributed by atoms with Gasteiger partial charge in [0.25, 0.3) is 5.91 Å². The Morgan fingerprint density at radius 1 is 1.24 bits per heavy atom. The summed E-state index contributed by atoms with van der Waals surface area (Å²) in [5, 5.41) is 5.51. The lowest BCUT2D eigenvalue weighted by molar-refractivity contribution is -0.154. The minimum absolute atomic E-state index is 0.0313. The van der Waals surface area contributed by atoms with Crippen molar-refractivity contribution in [3.63, 3.8) is 0 Å². The first kappa shape index (κ1) is 19.4. The normalized spacial score (nSPS) is 19.3.